The van der Waals surface area contributed by atoms with Crippen LogP contribution in [-0.2, 0) is 25.4 Å². The highest BCUT2D eigenvalue weighted by Crippen LogP contribution is 2.49. The van der Waals surface area contributed by atoms with Crippen LogP contribution in [0.25, 0.3) is 0 Å². The van der Waals surface area contributed by atoms with Crippen LogP contribution in [-0.4, -0.2) is 46.2 Å². The van der Waals surface area contributed by atoms with Crippen LogP contribution in [0.3, 0.4) is 0 Å². The molecule has 0 aromatic rings. The van der Waals surface area contributed by atoms with Gasteiger partial charge in [0, 0.05) is 21.8 Å². The molecule has 0 amide bonds. The smallest absolute Gasteiger partial charge is 0.303 e. The van der Waals surface area contributed by atoms with E-state index in [-0.39, 0.29) is 28.6 Å². The van der Waals surface area contributed by atoms with Gasteiger partial charge in [-0.25, -0.2) is 8.42 Å². The van der Waals surface area contributed by atoms with Gasteiger partial charge in [-0.15, -0.1) is 0 Å². The van der Waals surface area contributed by atoms with Crippen molar-refractivity contribution in [1.82, 2.24) is 0 Å². The van der Waals surface area contributed by atoms with Crippen LogP contribution in [0.1, 0.15) is 25.7 Å². The molecule has 0 radical (unpaired) electrons. The van der Waals surface area contributed by atoms with Gasteiger partial charge in [0.25, 0.3) is 0 Å². The zero-order valence-electron chi connectivity index (χ0n) is 9.42. The lowest BCUT2D eigenvalue weighted by Crippen LogP contribution is -2.25. The Morgan fingerprint density at radius 2 is 2.06 bits per heavy atom. The second-order valence-corrected chi connectivity index (χ2v) is 9.07. The summed E-state index contributed by atoms with van der Waals surface area (Å²) in [4.78, 5) is 10.7. The Kier molecular flexibility index (Phi) is 3.33. The van der Waals surface area contributed by atoms with E-state index in [1.165, 1.54) is 0 Å². The van der Waals surface area contributed by atoms with Crippen LogP contribution < -0.4 is 0 Å². The standard InChI is InChI=1S/C10H16O5S2/c11-9(12)5-10(2-3-10)7-16(13)8-1-4-17(14,15)6-8/h8H,1-7H2,(H,11,12). The highest BCUT2D eigenvalue weighted by molar-refractivity contribution is 7.94. The summed E-state index contributed by atoms with van der Waals surface area (Å²) in [6.45, 7) is 0. The summed E-state index contributed by atoms with van der Waals surface area (Å²) in [6.07, 6.45) is 2.10. The van der Waals surface area contributed by atoms with Crippen LogP contribution in [0.15, 0.2) is 0 Å². The van der Waals surface area contributed by atoms with Crippen molar-refractivity contribution in [2.24, 2.45) is 5.41 Å². The van der Waals surface area contributed by atoms with Crippen molar-refractivity contribution in [2.45, 2.75) is 30.9 Å². The van der Waals surface area contributed by atoms with Crippen molar-refractivity contribution in [3.8, 4) is 0 Å². The largest absolute Gasteiger partial charge is 0.481 e. The minimum absolute atomic E-state index is 0.00274. The van der Waals surface area contributed by atoms with Gasteiger partial charge in [0.1, 0.15) is 0 Å². The van der Waals surface area contributed by atoms with E-state index in [2.05, 4.69) is 0 Å². The molecule has 1 aliphatic carbocycles. The fraction of sp³-hybridized carbons (Fsp3) is 0.900. The van der Waals surface area contributed by atoms with Gasteiger partial charge >= 0.3 is 5.97 Å². The monoisotopic (exact) mass is 280 g/mol. The van der Waals surface area contributed by atoms with Crippen LogP contribution in [0.5, 0.6) is 0 Å². The number of aliphatic carboxylic acids is 1. The lowest BCUT2D eigenvalue weighted by molar-refractivity contribution is -0.138. The van der Waals surface area contributed by atoms with Crippen LogP contribution >= 0.6 is 0 Å². The topological polar surface area (TPSA) is 88.5 Å². The van der Waals surface area contributed by atoms with Gasteiger partial charge in [-0.3, -0.25) is 9.00 Å². The molecule has 98 valence electrons. The maximum absolute atomic E-state index is 12.0. The number of hydrogen-bond donors (Lipinski definition) is 1. The van der Waals surface area contributed by atoms with Crippen molar-refractivity contribution in [2.75, 3.05) is 17.3 Å². The molecular weight excluding hydrogens is 264 g/mol. The molecular formula is C10H16O5S2. The second-order valence-electron chi connectivity index (χ2n) is 5.12. The normalized spacial score (nSPS) is 30.9. The third-order valence-corrected chi connectivity index (χ3v) is 7.52. The lowest BCUT2D eigenvalue weighted by Gasteiger charge is -2.14. The number of carboxylic acids is 1. The van der Waals surface area contributed by atoms with Gasteiger partial charge in [0.2, 0.25) is 0 Å². The molecule has 0 aromatic heterocycles. The molecule has 0 bridgehead atoms. The fourth-order valence-corrected chi connectivity index (χ4v) is 6.79. The van der Waals surface area contributed by atoms with E-state index in [1.807, 2.05) is 0 Å². The third-order valence-electron chi connectivity index (χ3n) is 3.49. The zero-order chi connectivity index (χ0) is 12.7. The van der Waals surface area contributed by atoms with Gasteiger partial charge in [-0.05, 0) is 24.7 Å². The first kappa shape index (κ1) is 13.0. The first-order valence-electron chi connectivity index (χ1n) is 5.61. The van der Waals surface area contributed by atoms with Crippen LogP contribution in [0.2, 0.25) is 0 Å². The molecule has 0 aromatic carbocycles. The van der Waals surface area contributed by atoms with Crippen LogP contribution in [0.4, 0.5) is 0 Å². The summed E-state index contributed by atoms with van der Waals surface area (Å²) in [5.74, 6) is -0.393. The Bertz CT molecular complexity index is 449. The summed E-state index contributed by atoms with van der Waals surface area (Å²) < 4.78 is 34.6. The Hall–Kier alpha value is -0.430. The molecule has 5 nitrogen and oxygen atoms in total. The number of carboxylic acid groups (broad SMARTS) is 1. The molecule has 1 aliphatic heterocycles. The molecule has 1 saturated heterocycles. The molecule has 7 heteroatoms. The maximum atomic E-state index is 12.0. The Morgan fingerprint density at radius 1 is 1.41 bits per heavy atom. The van der Waals surface area contributed by atoms with Gasteiger partial charge in [-0.2, -0.15) is 0 Å². The third kappa shape index (κ3) is 3.28. The summed E-state index contributed by atoms with van der Waals surface area (Å²) >= 11 is 0. The fourth-order valence-electron chi connectivity index (χ4n) is 2.26. The molecule has 2 rings (SSSR count). The van der Waals surface area contributed by atoms with E-state index in [1.54, 1.807) is 0 Å². The summed E-state index contributed by atoms with van der Waals surface area (Å²) in [7, 11) is -4.22. The van der Waals surface area contributed by atoms with Gasteiger partial charge in [0.05, 0.1) is 17.9 Å². The molecule has 2 fully saturated rings. The van der Waals surface area contributed by atoms with E-state index in [9.17, 15) is 17.4 Å². The maximum Gasteiger partial charge on any atom is 0.303 e. The quantitative estimate of drug-likeness (QED) is 0.776. The first-order chi connectivity index (χ1) is 7.82. The number of hydrogen-bond acceptors (Lipinski definition) is 4. The predicted molar refractivity (Wildman–Crippen MR) is 64.0 cm³/mol. The van der Waals surface area contributed by atoms with E-state index < -0.39 is 26.6 Å². The Balaban J connectivity index is 1.92. The Morgan fingerprint density at radius 3 is 2.47 bits per heavy atom. The highest BCUT2D eigenvalue weighted by atomic mass is 32.2. The van der Waals surface area contributed by atoms with Crippen molar-refractivity contribution in [3.05, 3.63) is 0 Å². The van der Waals surface area contributed by atoms with Gasteiger partial charge < -0.3 is 5.11 Å². The number of rotatable bonds is 5. The van der Waals surface area contributed by atoms with E-state index in [0.29, 0.717) is 12.2 Å². The van der Waals surface area contributed by atoms with E-state index >= 15 is 0 Å². The highest BCUT2D eigenvalue weighted by Gasteiger charge is 2.47. The number of carbonyl (C=O) groups is 1. The Labute approximate surface area is 103 Å². The molecule has 2 unspecified atom stereocenters. The SMILES string of the molecule is O=C(O)CC1(CS(=O)C2CCS(=O)(=O)C2)CC1. The van der Waals surface area contributed by atoms with Crippen molar-refractivity contribution < 1.29 is 22.5 Å². The molecule has 2 atom stereocenters. The van der Waals surface area contributed by atoms with Crippen molar-refractivity contribution in [1.29, 1.82) is 0 Å². The minimum Gasteiger partial charge on any atom is -0.481 e. The van der Waals surface area contributed by atoms with Gasteiger partial charge in [-0.1, -0.05) is 0 Å². The predicted octanol–water partition coefficient (Wildman–Crippen LogP) is 0.177. The lowest BCUT2D eigenvalue weighted by atomic mass is 10.1. The average Bonchev–Trinajstić information content (AvgIpc) is 2.80. The zero-order valence-corrected chi connectivity index (χ0v) is 11.1. The molecule has 1 saturated carbocycles. The summed E-state index contributed by atoms with van der Waals surface area (Å²) in [5.41, 5.74) is -0.316. The second kappa shape index (κ2) is 4.35. The molecule has 0 spiro atoms. The van der Waals surface area contributed by atoms with Gasteiger partial charge in [0.15, 0.2) is 9.84 Å². The van der Waals surface area contributed by atoms with E-state index in [0.717, 1.165) is 12.8 Å². The molecule has 1 N–H and O–H groups in total. The molecule has 17 heavy (non-hydrogen) atoms. The molecule has 2 aliphatic rings. The summed E-state index contributed by atoms with van der Waals surface area (Å²) in [6, 6.07) is 0. The summed E-state index contributed by atoms with van der Waals surface area (Å²) in [5, 5.41) is 8.47. The van der Waals surface area contributed by atoms with Crippen molar-refractivity contribution >= 4 is 26.6 Å². The average molecular weight is 280 g/mol. The van der Waals surface area contributed by atoms with E-state index in [4.69, 9.17) is 5.11 Å². The van der Waals surface area contributed by atoms with Crippen LogP contribution in [0, 0.1) is 5.41 Å². The number of sulfone groups is 1. The first-order valence-corrected chi connectivity index (χ1v) is 8.82. The van der Waals surface area contributed by atoms with Crippen molar-refractivity contribution in [3.63, 3.8) is 0 Å². The molecule has 1 heterocycles. The minimum atomic E-state index is -3.01.